The molecule has 1 unspecified atom stereocenters. The second kappa shape index (κ2) is 4.58. The maximum Gasteiger partial charge on any atom is 0.104 e. The third-order valence-corrected chi connectivity index (χ3v) is 5.65. The van der Waals surface area contributed by atoms with Crippen LogP contribution < -0.4 is 0 Å². The Morgan fingerprint density at radius 2 is 2.00 bits per heavy atom. The Morgan fingerprint density at radius 1 is 1.38 bits per heavy atom. The quantitative estimate of drug-likeness (QED) is 0.757. The van der Waals surface area contributed by atoms with Crippen LogP contribution in [0.3, 0.4) is 0 Å². The van der Waals surface area contributed by atoms with Crippen molar-refractivity contribution in [1.29, 1.82) is 5.26 Å². The predicted octanol–water partition coefficient (Wildman–Crippen LogP) is 3.37. The molecule has 2 fully saturated rings. The van der Waals surface area contributed by atoms with Crippen LogP contribution in [0.5, 0.6) is 0 Å². The molecule has 0 aromatic rings. The highest BCUT2D eigenvalue weighted by Gasteiger charge is 2.55. The molecule has 0 radical (unpaired) electrons. The summed E-state index contributed by atoms with van der Waals surface area (Å²) in [7, 11) is 0. The fourth-order valence-electron chi connectivity index (χ4n) is 2.97. The first-order valence-corrected chi connectivity index (χ1v) is 7.18. The van der Waals surface area contributed by atoms with Crippen molar-refractivity contribution >= 4 is 11.8 Å². The minimum Gasteiger partial charge on any atom is -0.381 e. The van der Waals surface area contributed by atoms with E-state index in [4.69, 9.17) is 4.74 Å². The molecule has 3 heteroatoms. The number of nitrogens with zero attached hydrogens (tertiary/aromatic N) is 1. The van der Waals surface area contributed by atoms with Crippen LogP contribution in [0.15, 0.2) is 0 Å². The van der Waals surface area contributed by atoms with Gasteiger partial charge in [0.15, 0.2) is 0 Å². The maximum atomic E-state index is 9.39. The van der Waals surface area contributed by atoms with E-state index in [1.165, 1.54) is 0 Å². The van der Waals surface area contributed by atoms with Crippen LogP contribution in [-0.2, 0) is 4.74 Å². The average Bonchev–Trinajstić information content (AvgIpc) is 2.27. The number of nitriles is 1. The number of hydrogen-bond acceptors (Lipinski definition) is 3. The van der Waals surface area contributed by atoms with Crippen LogP contribution in [0.25, 0.3) is 0 Å². The fourth-order valence-corrected chi connectivity index (χ4v) is 4.74. The van der Waals surface area contributed by atoms with Crippen molar-refractivity contribution in [3.05, 3.63) is 0 Å². The van der Waals surface area contributed by atoms with Crippen LogP contribution in [0.4, 0.5) is 0 Å². The second-order valence-electron chi connectivity index (χ2n) is 5.41. The van der Waals surface area contributed by atoms with Gasteiger partial charge in [0.1, 0.15) is 4.75 Å². The number of rotatable bonds is 3. The van der Waals surface area contributed by atoms with Gasteiger partial charge in [-0.1, -0.05) is 13.8 Å². The lowest BCUT2D eigenvalue weighted by Crippen LogP contribution is -2.52. The molecule has 1 aliphatic heterocycles. The van der Waals surface area contributed by atoms with Crippen LogP contribution >= 0.6 is 11.8 Å². The summed E-state index contributed by atoms with van der Waals surface area (Å²) >= 11 is 1.90. The van der Waals surface area contributed by atoms with E-state index in [2.05, 4.69) is 19.9 Å². The zero-order chi connectivity index (χ0) is 11.6. The lowest BCUT2D eigenvalue weighted by molar-refractivity contribution is -0.0365. The maximum absolute atomic E-state index is 9.39. The molecule has 1 aliphatic carbocycles. The van der Waals surface area contributed by atoms with Gasteiger partial charge in [0.2, 0.25) is 0 Å². The second-order valence-corrected chi connectivity index (χ2v) is 7.23. The zero-order valence-corrected chi connectivity index (χ0v) is 11.1. The van der Waals surface area contributed by atoms with Crippen LogP contribution in [0.2, 0.25) is 0 Å². The minimum absolute atomic E-state index is 0.0766. The van der Waals surface area contributed by atoms with Crippen LogP contribution in [0, 0.1) is 16.7 Å². The predicted molar refractivity (Wildman–Crippen MR) is 67.4 cm³/mol. The van der Waals surface area contributed by atoms with Gasteiger partial charge in [-0.2, -0.15) is 5.26 Å². The molecular weight excluding hydrogens is 218 g/mol. The summed E-state index contributed by atoms with van der Waals surface area (Å²) in [6.45, 7) is 6.23. The van der Waals surface area contributed by atoms with Crippen LogP contribution in [-0.4, -0.2) is 23.2 Å². The van der Waals surface area contributed by atoms with Gasteiger partial charge in [-0.25, -0.2) is 0 Å². The molecule has 16 heavy (non-hydrogen) atoms. The SMILES string of the molecule is CCC(C)SC1(C#N)CC2(CCOCC2)C1. The summed E-state index contributed by atoms with van der Waals surface area (Å²) in [6.07, 6.45) is 5.67. The lowest BCUT2D eigenvalue weighted by atomic mass is 9.58. The highest BCUT2D eigenvalue weighted by atomic mass is 32.2. The lowest BCUT2D eigenvalue weighted by Gasteiger charge is -2.54. The summed E-state index contributed by atoms with van der Waals surface area (Å²) in [4.78, 5) is 0. The van der Waals surface area contributed by atoms with Crippen molar-refractivity contribution in [1.82, 2.24) is 0 Å². The summed E-state index contributed by atoms with van der Waals surface area (Å²) in [6, 6.07) is 2.57. The molecule has 1 atom stereocenters. The highest BCUT2D eigenvalue weighted by molar-refractivity contribution is 8.01. The Kier molecular flexibility index (Phi) is 3.51. The molecule has 2 rings (SSSR count). The van der Waals surface area contributed by atoms with Gasteiger partial charge in [0.25, 0.3) is 0 Å². The van der Waals surface area contributed by atoms with E-state index in [-0.39, 0.29) is 4.75 Å². The summed E-state index contributed by atoms with van der Waals surface area (Å²) in [5, 5.41) is 10.0. The molecule has 1 spiro atoms. The molecule has 0 aromatic heterocycles. The number of ether oxygens (including phenoxy) is 1. The Balaban J connectivity index is 1.94. The zero-order valence-electron chi connectivity index (χ0n) is 10.3. The molecular formula is C13H21NOS. The molecule has 0 aromatic carbocycles. The molecule has 0 bridgehead atoms. The van der Waals surface area contributed by atoms with E-state index in [1.54, 1.807) is 0 Å². The standard InChI is InChI=1S/C13H21NOS/c1-3-11(2)16-13(10-14)8-12(9-13)4-6-15-7-5-12/h11H,3-9H2,1-2H3. The Labute approximate surface area is 103 Å². The molecule has 90 valence electrons. The normalized spacial score (nSPS) is 28.1. The molecule has 2 nitrogen and oxygen atoms in total. The summed E-state index contributed by atoms with van der Waals surface area (Å²) < 4.78 is 5.34. The topological polar surface area (TPSA) is 33.0 Å². The van der Waals surface area contributed by atoms with Gasteiger partial charge in [-0.3, -0.25) is 0 Å². The van der Waals surface area contributed by atoms with E-state index in [0.29, 0.717) is 10.7 Å². The average molecular weight is 239 g/mol. The monoisotopic (exact) mass is 239 g/mol. The van der Waals surface area contributed by atoms with Crippen molar-refractivity contribution in [2.24, 2.45) is 5.41 Å². The van der Waals surface area contributed by atoms with Gasteiger partial charge in [0.05, 0.1) is 6.07 Å². The molecule has 2 aliphatic rings. The fraction of sp³-hybridized carbons (Fsp3) is 0.923. The van der Waals surface area contributed by atoms with E-state index >= 15 is 0 Å². The first-order valence-electron chi connectivity index (χ1n) is 6.30. The van der Waals surface area contributed by atoms with Gasteiger partial charge >= 0.3 is 0 Å². The van der Waals surface area contributed by atoms with E-state index < -0.39 is 0 Å². The van der Waals surface area contributed by atoms with Gasteiger partial charge < -0.3 is 4.74 Å². The third kappa shape index (κ3) is 2.24. The first-order chi connectivity index (χ1) is 7.64. The van der Waals surface area contributed by atoms with E-state index in [1.807, 2.05) is 11.8 Å². The van der Waals surface area contributed by atoms with Crippen molar-refractivity contribution in [3.8, 4) is 6.07 Å². The van der Waals surface area contributed by atoms with Crippen molar-refractivity contribution in [2.75, 3.05) is 13.2 Å². The van der Waals surface area contributed by atoms with Gasteiger partial charge in [-0.05, 0) is 37.5 Å². The van der Waals surface area contributed by atoms with E-state index in [0.717, 1.165) is 45.3 Å². The number of hydrogen-bond donors (Lipinski definition) is 0. The van der Waals surface area contributed by atoms with Gasteiger partial charge in [0, 0.05) is 18.5 Å². The highest BCUT2D eigenvalue weighted by Crippen LogP contribution is 2.60. The summed E-state index contributed by atoms with van der Waals surface area (Å²) in [5.74, 6) is 0. The Morgan fingerprint density at radius 3 is 2.50 bits per heavy atom. The molecule has 0 amide bonds. The third-order valence-electron chi connectivity index (χ3n) is 4.08. The molecule has 0 N–H and O–H groups in total. The molecule has 1 saturated carbocycles. The Bertz CT molecular complexity index is 283. The Hall–Kier alpha value is -0.200. The van der Waals surface area contributed by atoms with Crippen LogP contribution in [0.1, 0.15) is 46.0 Å². The first kappa shape index (κ1) is 12.3. The smallest absolute Gasteiger partial charge is 0.104 e. The van der Waals surface area contributed by atoms with Crippen molar-refractivity contribution in [3.63, 3.8) is 0 Å². The molecule has 1 heterocycles. The van der Waals surface area contributed by atoms with Gasteiger partial charge in [-0.15, -0.1) is 11.8 Å². The number of thioether (sulfide) groups is 1. The summed E-state index contributed by atoms with van der Waals surface area (Å²) in [5.41, 5.74) is 0.453. The largest absolute Gasteiger partial charge is 0.381 e. The van der Waals surface area contributed by atoms with Crippen molar-refractivity contribution in [2.45, 2.75) is 55.9 Å². The van der Waals surface area contributed by atoms with E-state index in [9.17, 15) is 5.26 Å². The minimum atomic E-state index is -0.0766. The molecule has 1 saturated heterocycles. The van der Waals surface area contributed by atoms with Crippen molar-refractivity contribution < 1.29 is 4.74 Å².